The third kappa shape index (κ3) is 5.98. The maximum atomic E-state index is 12.9. The fourth-order valence-corrected chi connectivity index (χ4v) is 4.26. The third-order valence-electron chi connectivity index (χ3n) is 5.20. The molecule has 0 aliphatic rings. The molecule has 0 saturated carbocycles. The molecule has 0 aromatic heterocycles. The highest BCUT2D eigenvalue weighted by Crippen LogP contribution is 2.22. The number of carbonyl (C=O) groups excluding carboxylic acids is 2. The molecule has 0 aliphatic carbocycles. The van der Waals surface area contributed by atoms with E-state index < -0.39 is 15.9 Å². The van der Waals surface area contributed by atoms with Gasteiger partial charge in [-0.3, -0.25) is 14.3 Å². The number of carbonyl (C=O) groups is 2. The molecule has 3 aromatic carbocycles. The number of hydrogen-bond acceptors (Lipinski definition) is 4. The predicted octanol–water partition coefficient (Wildman–Crippen LogP) is 4.58. The van der Waals surface area contributed by atoms with Gasteiger partial charge in [0, 0.05) is 11.6 Å². The van der Waals surface area contributed by atoms with Gasteiger partial charge < -0.3 is 10.6 Å². The van der Waals surface area contributed by atoms with Crippen LogP contribution in [0.25, 0.3) is 0 Å². The topological polar surface area (TPSA) is 104 Å². The molecule has 2 amide bonds. The van der Waals surface area contributed by atoms with Crippen molar-refractivity contribution in [1.29, 1.82) is 0 Å². The summed E-state index contributed by atoms with van der Waals surface area (Å²) in [6, 6.07) is 19.5. The van der Waals surface area contributed by atoms with Gasteiger partial charge in [-0.25, -0.2) is 8.42 Å². The molecular weight excluding hydrogens is 438 g/mol. The number of anilines is 2. The molecule has 0 bridgehead atoms. The average molecular weight is 466 g/mol. The molecule has 0 aliphatic heterocycles. The minimum Gasteiger partial charge on any atom is -0.350 e. The number of para-hydroxylation sites is 1. The van der Waals surface area contributed by atoms with Gasteiger partial charge >= 0.3 is 0 Å². The fraction of sp³-hybridized carbons (Fsp3) is 0.200. The summed E-state index contributed by atoms with van der Waals surface area (Å²) < 4.78 is 27.7. The lowest BCUT2D eigenvalue weighted by Gasteiger charge is -2.15. The largest absolute Gasteiger partial charge is 0.350 e. The summed E-state index contributed by atoms with van der Waals surface area (Å²) >= 11 is 0. The zero-order valence-electron chi connectivity index (χ0n) is 18.8. The zero-order valence-corrected chi connectivity index (χ0v) is 19.6. The Bertz CT molecular complexity index is 1260. The van der Waals surface area contributed by atoms with Crippen molar-refractivity contribution >= 4 is 33.2 Å². The van der Waals surface area contributed by atoms with Crippen LogP contribution in [-0.2, 0) is 10.0 Å². The van der Waals surface area contributed by atoms with Crippen molar-refractivity contribution in [1.82, 2.24) is 5.32 Å². The van der Waals surface area contributed by atoms with Crippen molar-refractivity contribution in [2.45, 2.75) is 38.1 Å². The minimum absolute atomic E-state index is 0.0103. The second-order valence-electron chi connectivity index (χ2n) is 7.73. The Kier molecular flexibility index (Phi) is 7.50. The lowest BCUT2D eigenvalue weighted by atomic mass is 10.1. The summed E-state index contributed by atoms with van der Waals surface area (Å²) in [6.07, 6.45) is 0.792. The van der Waals surface area contributed by atoms with Gasteiger partial charge in [-0.15, -0.1) is 0 Å². The highest BCUT2D eigenvalue weighted by Gasteiger charge is 2.18. The molecule has 0 heterocycles. The summed E-state index contributed by atoms with van der Waals surface area (Å²) in [7, 11) is -3.74. The van der Waals surface area contributed by atoms with Gasteiger partial charge in [0.25, 0.3) is 21.8 Å². The molecule has 1 unspecified atom stereocenters. The number of benzene rings is 3. The second-order valence-corrected chi connectivity index (χ2v) is 9.41. The van der Waals surface area contributed by atoms with Gasteiger partial charge in [-0.05, 0) is 68.3 Å². The van der Waals surface area contributed by atoms with E-state index in [0.29, 0.717) is 28.1 Å². The van der Waals surface area contributed by atoms with Crippen LogP contribution >= 0.6 is 0 Å². The summed E-state index contributed by atoms with van der Waals surface area (Å²) in [4.78, 5) is 25.6. The summed E-state index contributed by atoms with van der Waals surface area (Å²) in [6.45, 7) is 5.60. The predicted molar refractivity (Wildman–Crippen MR) is 130 cm³/mol. The first-order chi connectivity index (χ1) is 15.7. The first-order valence-corrected chi connectivity index (χ1v) is 12.1. The van der Waals surface area contributed by atoms with Crippen LogP contribution in [0, 0.1) is 6.92 Å². The molecule has 0 spiro atoms. The molecule has 33 heavy (non-hydrogen) atoms. The van der Waals surface area contributed by atoms with E-state index >= 15 is 0 Å². The van der Waals surface area contributed by atoms with Crippen LogP contribution < -0.4 is 15.4 Å². The van der Waals surface area contributed by atoms with E-state index in [1.54, 1.807) is 61.5 Å². The Morgan fingerprint density at radius 1 is 0.879 bits per heavy atom. The standard InChI is InChI=1S/C25H27N3O4S/c1-4-18(3)26-25(30)21-12-8-9-13-23(21)27-24(29)19-14-15-22(17(2)16-19)28-33(31,32)20-10-6-5-7-11-20/h5-16,18,28H,4H2,1-3H3,(H,26,30)(H,27,29). The Labute approximate surface area is 194 Å². The summed E-state index contributed by atoms with van der Waals surface area (Å²) in [5, 5.41) is 5.68. The molecule has 7 nitrogen and oxygen atoms in total. The summed E-state index contributed by atoms with van der Waals surface area (Å²) in [5.74, 6) is -0.665. The van der Waals surface area contributed by atoms with Gasteiger partial charge in [0.1, 0.15) is 0 Å². The number of nitrogens with one attached hydrogen (secondary N) is 3. The number of hydrogen-bond donors (Lipinski definition) is 3. The molecule has 172 valence electrons. The molecule has 8 heteroatoms. The van der Waals surface area contributed by atoms with Gasteiger partial charge in [0.2, 0.25) is 0 Å². The summed E-state index contributed by atoms with van der Waals surface area (Å²) in [5.41, 5.74) is 2.07. The van der Waals surface area contributed by atoms with Gasteiger partial charge in [0.15, 0.2) is 0 Å². The van der Waals surface area contributed by atoms with Crippen molar-refractivity contribution in [3.8, 4) is 0 Å². The van der Waals surface area contributed by atoms with E-state index in [0.717, 1.165) is 6.42 Å². The lowest BCUT2D eigenvalue weighted by Crippen LogP contribution is -2.32. The van der Waals surface area contributed by atoms with Crippen LogP contribution in [0.4, 0.5) is 11.4 Å². The van der Waals surface area contributed by atoms with Crippen molar-refractivity contribution < 1.29 is 18.0 Å². The van der Waals surface area contributed by atoms with Gasteiger partial charge in [0.05, 0.1) is 21.8 Å². The highest BCUT2D eigenvalue weighted by molar-refractivity contribution is 7.92. The Balaban J connectivity index is 1.77. The smallest absolute Gasteiger partial charge is 0.261 e. The van der Waals surface area contributed by atoms with Crippen LogP contribution in [0.15, 0.2) is 77.7 Å². The number of sulfonamides is 1. The molecule has 0 fully saturated rings. The van der Waals surface area contributed by atoms with E-state index in [-0.39, 0.29) is 16.8 Å². The van der Waals surface area contributed by atoms with Crippen LogP contribution in [-0.4, -0.2) is 26.3 Å². The number of rotatable bonds is 8. The zero-order chi connectivity index (χ0) is 24.0. The molecule has 0 saturated heterocycles. The Morgan fingerprint density at radius 3 is 2.21 bits per heavy atom. The molecule has 0 radical (unpaired) electrons. The van der Waals surface area contributed by atoms with Crippen LogP contribution in [0.5, 0.6) is 0 Å². The maximum Gasteiger partial charge on any atom is 0.261 e. The van der Waals surface area contributed by atoms with E-state index in [4.69, 9.17) is 0 Å². The van der Waals surface area contributed by atoms with E-state index in [9.17, 15) is 18.0 Å². The molecule has 3 aromatic rings. The van der Waals surface area contributed by atoms with Crippen molar-refractivity contribution in [2.75, 3.05) is 10.0 Å². The first-order valence-electron chi connectivity index (χ1n) is 10.6. The lowest BCUT2D eigenvalue weighted by molar-refractivity contribution is 0.0940. The van der Waals surface area contributed by atoms with Crippen LogP contribution in [0.1, 0.15) is 46.5 Å². The van der Waals surface area contributed by atoms with Crippen molar-refractivity contribution in [3.63, 3.8) is 0 Å². The van der Waals surface area contributed by atoms with Gasteiger partial charge in [-0.1, -0.05) is 37.3 Å². The molecular formula is C25H27N3O4S. The first kappa shape index (κ1) is 24.0. The van der Waals surface area contributed by atoms with Crippen LogP contribution in [0.3, 0.4) is 0 Å². The average Bonchev–Trinajstić information content (AvgIpc) is 2.81. The second kappa shape index (κ2) is 10.3. The van der Waals surface area contributed by atoms with Crippen LogP contribution in [0.2, 0.25) is 0 Å². The molecule has 1 atom stereocenters. The van der Waals surface area contributed by atoms with E-state index in [2.05, 4.69) is 15.4 Å². The van der Waals surface area contributed by atoms with Crippen molar-refractivity contribution in [2.24, 2.45) is 0 Å². The minimum atomic E-state index is -3.74. The quantitative estimate of drug-likeness (QED) is 0.453. The Hall–Kier alpha value is -3.65. The van der Waals surface area contributed by atoms with Crippen molar-refractivity contribution in [3.05, 3.63) is 89.5 Å². The highest BCUT2D eigenvalue weighted by atomic mass is 32.2. The fourth-order valence-electron chi connectivity index (χ4n) is 3.11. The SMILES string of the molecule is CCC(C)NC(=O)c1ccccc1NC(=O)c1ccc(NS(=O)(=O)c2ccccc2)c(C)c1. The molecule has 3 N–H and O–H groups in total. The number of amides is 2. The maximum absolute atomic E-state index is 12.9. The Morgan fingerprint density at radius 2 is 1.55 bits per heavy atom. The van der Waals surface area contributed by atoms with E-state index in [1.165, 1.54) is 18.2 Å². The number of aryl methyl sites for hydroxylation is 1. The third-order valence-corrected chi connectivity index (χ3v) is 6.58. The van der Waals surface area contributed by atoms with Gasteiger partial charge in [-0.2, -0.15) is 0 Å². The normalized spacial score (nSPS) is 12.0. The molecule has 3 rings (SSSR count). The van der Waals surface area contributed by atoms with E-state index in [1.807, 2.05) is 13.8 Å². The monoisotopic (exact) mass is 465 g/mol.